The quantitative estimate of drug-likeness (QED) is 0.546. The predicted octanol–water partition coefficient (Wildman–Crippen LogP) is 3.72. The molecule has 0 radical (unpaired) electrons. The van der Waals surface area contributed by atoms with Crippen LogP contribution < -0.4 is 4.74 Å². The molecule has 5 nitrogen and oxygen atoms in total. The molecule has 0 aliphatic heterocycles. The summed E-state index contributed by atoms with van der Waals surface area (Å²) in [6.45, 7) is 2.16. The Morgan fingerprint density at radius 1 is 1.20 bits per heavy atom. The first-order valence-electron chi connectivity index (χ1n) is 7.54. The van der Waals surface area contributed by atoms with Gasteiger partial charge in [-0.3, -0.25) is 4.21 Å². The topological polar surface area (TPSA) is 75.1 Å². The van der Waals surface area contributed by atoms with Gasteiger partial charge in [0.15, 0.2) is 5.69 Å². The van der Waals surface area contributed by atoms with Crippen molar-refractivity contribution >= 4 is 11.1 Å². The molecule has 1 heterocycles. The minimum absolute atomic E-state index is 0.0589. The molecule has 136 valence electrons. The van der Waals surface area contributed by atoms with Crippen molar-refractivity contribution < 1.29 is 26.7 Å². The van der Waals surface area contributed by atoms with Crippen LogP contribution in [0.4, 0.5) is 13.2 Å². The average Bonchev–Trinajstić information content (AvgIpc) is 2.54. The first-order valence-corrected chi connectivity index (χ1v) is 8.78. The van der Waals surface area contributed by atoms with E-state index in [0.29, 0.717) is 17.5 Å². The van der Waals surface area contributed by atoms with E-state index >= 15 is 0 Å². The molecule has 1 unspecified atom stereocenters. The third-order valence-electron chi connectivity index (χ3n) is 3.26. The summed E-state index contributed by atoms with van der Waals surface area (Å²) in [6.07, 6.45) is -3.12. The average molecular weight is 373 g/mol. The summed E-state index contributed by atoms with van der Waals surface area (Å²) in [5, 5.41) is 0. The van der Waals surface area contributed by atoms with E-state index in [1.807, 2.05) is 6.92 Å². The van der Waals surface area contributed by atoms with Gasteiger partial charge in [0, 0.05) is 11.3 Å². The molecule has 0 aliphatic carbocycles. The number of benzene rings is 1. The molecular weight excluding hydrogens is 357 g/mol. The summed E-state index contributed by atoms with van der Waals surface area (Å²) in [4.78, 5) is 7.44. The third-order valence-corrected chi connectivity index (χ3v) is 3.83. The predicted molar refractivity (Wildman–Crippen MR) is 85.5 cm³/mol. The number of hydrogen-bond donors (Lipinski definition) is 0. The van der Waals surface area contributed by atoms with Gasteiger partial charge in [-0.25, -0.2) is 0 Å². The van der Waals surface area contributed by atoms with Crippen LogP contribution in [0, 0.1) is 0 Å². The van der Waals surface area contributed by atoms with Crippen LogP contribution in [0.15, 0.2) is 30.3 Å². The molecule has 0 spiro atoms. The summed E-state index contributed by atoms with van der Waals surface area (Å²) in [5.41, 5.74) is -0.0902. The van der Waals surface area contributed by atoms with Crippen molar-refractivity contribution in [2.45, 2.75) is 31.7 Å². The zero-order valence-corrected chi connectivity index (χ0v) is 14.2. The molecule has 0 fully saturated rings. The van der Waals surface area contributed by atoms with Gasteiger partial charge in [0.05, 0.1) is 12.3 Å². The fourth-order valence-corrected chi connectivity index (χ4v) is 2.46. The number of rotatable bonds is 7. The molecule has 0 aliphatic rings. The minimum Gasteiger partial charge on any atom is -0.772 e. The lowest BCUT2D eigenvalue weighted by molar-refractivity contribution is -0.141. The normalized spacial score (nSPS) is 12.8. The second kappa shape index (κ2) is 8.39. The number of unbranched alkanes of at least 4 members (excludes halogenated alkanes) is 1. The molecule has 2 rings (SSSR count). The maximum Gasteiger partial charge on any atom is 0.433 e. The van der Waals surface area contributed by atoms with E-state index in [-0.39, 0.29) is 24.1 Å². The molecule has 1 aromatic carbocycles. The van der Waals surface area contributed by atoms with Gasteiger partial charge < -0.3 is 9.29 Å². The molecule has 2 aromatic rings. The Labute approximate surface area is 145 Å². The Morgan fingerprint density at radius 2 is 1.88 bits per heavy atom. The van der Waals surface area contributed by atoms with E-state index in [1.165, 1.54) is 24.3 Å². The van der Waals surface area contributed by atoms with Crippen LogP contribution in [-0.2, 0) is 23.0 Å². The molecule has 0 amide bonds. The minimum atomic E-state index is -4.63. The lowest BCUT2D eigenvalue weighted by Crippen LogP contribution is -2.11. The molecule has 1 aromatic heterocycles. The van der Waals surface area contributed by atoms with E-state index in [9.17, 15) is 21.9 Å². The summed E-state index contributed by atoms with van der Waals surface area (Å²) >= 11 is -2.24. The van der Waals surface area contributed by atoms with Gasteiger partial charge in [-0.15, -0.1) is 0 Å². The lowest BCUT2D eigenvalue weighted by atomic mass is 10.1. The maximum absolute atomic E-state index is 13.0. The molecule has 0 saturated heterocycles. The van der Waals surface area contributed by atoms with Gasteiger partial charge in [0.1, 0.15) is 0 Å². The number of aromatic nitrogens is 2. The first-order chi connectivity index (χ1) is 11.8. The lowest BCUT2D eigenvalue weighted by Gasteiger charge is -2.11. The Kier molecular flexibility index (Phi) is 6.49. The zero-order chi connectivity index (χ0) is 18.4. The number of alkyl halides is 3. The summed E-state index contributed by atoms with van der Waals surface area (Å²) < 4.78 is 65.7. The zero-order valence-electron chi connectivity index (χ0n) is 13.4. The van der Waals surface area contributed by atoms with E-state index in [1.54, 1.807) is 0 Å². The molecule has 25 heavy (non-hydrogen) atoms. The van der Waals surface area contributed by atoms with E-state index in [0.717, 1.165) is 12.5 Å². The molecule has 0 N–H and O–H groups in total. The summed E-state index contributed by atoms with van der Waals surface area (Å²) in [5.74, 6) is -0.163. The maximum atomic E-state index is 13.0. The van der Waals surface area contributed by atoms with Crippen molar-refractivity contribution in [1.82, 2.24) is 9.97 Å². The van der Waals surface area contributed by atoms with E-state index in [4.69, 9.17) is 4.74 Å². The molecular formula is C16H16F3N2O3S-. The Hall–Kier alpha value is -2.00. The Balaban J connectivity index is 2.34. The highest BCUT2D eigenvalue weighted by atomic mass is 32.2. The van der Waals surface area contributed by atoms with Gasteiger partial charge in [-0.1, -0.05) is 48.7 Å². The van der Waals surface area contributed by atoms with Crippen LogP contribution >= 0.6 is 0 Å². The van der Waals surface area contributed by atoms with Gasteiger partial charge >= 0.3 is 12.2 Å². The highest BCUT2D eigenvalue weighted by Crippen LogP contribution is 2.31. The van der Waals surface area contributed by atoms with Crippen LogP contribution in [0.3, 0.4) is 0 Å². The van der Waals surface area contributed by atoms with Crippen molar-refractivity contribution in [3.05, 3.63) is 41.6 Å². The largest absolute Gasteiger partial charge is 0.772 e. The van der Waals surface area contributed by atoms with Gasteiger partial charge in [0.2, 0.25) is 0 Å². The summed E-state index contributed by atoms with van der Waals surface area (Å²) in [6, 6.07) is 6.59. The van der Waals surface area contributed by atoms with Crippen molar-refractivity contribution in [3.63, 3.8) is 0 Å². The molecule has 0 saturated carbocycles. The Morgan fingerprint density at radius 3 is 2.44 bits per heavy atom. The molecule has 1 atom stereocenters. The van der Waals surface area contributed by atoms with Crippen LogP contribution in [0.1, 0.15) is 31.0 Å². The summed E-state index contributed by atoms with van der Waals surface area (Å²) in [7, 11) is 0. The van der Waals surface area contributed by atoms with Crippen molar-refractivity contribution in [3.8, 4) is 17.3 Å². The third kappa shape index (κ3) is 5.79. The highest BCUT2D eigenvalue weighted by Gasteiger charge is 2.34. The fourth-order valence-electron chi connectivity index (χ4n) is 2.00. The number of hydrogen-bond acceptors (Lipinski definition) is 5. The van der Waals surface area contributed by atoms with Crippen LogP contribution in [0.2, 0.25) is 0 Å². The van der Waals surface area contributed by atoms with Crippen molar-refractivity contribution in [1.29, 1.82) is 0 Å². The number of ether oxygens (including phenoxy) is 1. The van der Waals surface area contributed by atoms with Crippen molar-refractivity contribution in [2.75, 3.05) is 6.61 Å². The van der Waals surface area contributed by atoms with Crippen molar-refractivity contribution in [2.24, 2.45) is 0 Å². The smallest absolute Gasteiger partial charge is 0.433 e. The van der Waals surface area contributed by atoms with Crippen LogP contribution in [0.25, 0.3) is 11.3 Å². The van der Waals surface area contributed by atoms with Crippen LogP contribution in [-0.4, -0.2) is 25.3 Å². The first kappa shape index (κ1) is 19.3. The molecule has 9 heteroatoms. The van der Waals surface area contributed by atoms with E-state index in [2.05, 4.69) is 9.97 Å². The molecule has 0 bridgehead atoms. The van der Waals surface area contributed by atoms with Crippen LogP contribution in [0.5, 0.6) is 6.01 Å². The van der Waals surface area contributed by atoms with E-state index < -0.39 is 23.0 Å². The second-order valence-electron chi connectivity index (χ2n) is 5.27. The highest BCUT2D eigenvalue weighted by molar-refractivity contribution is 7.78. The number of halogens is 3. The standard InChI is InChI=1S/C16H17F3N2O3S/c1-2-3-8-24-15-20-13(9-14(21-15)16(17,18)19)12-6-4-11(5-7-12)10-25(22)23/h4-7,9H,2-3,8,10H2,1H3,(H,22,23)/p-1. The van der Waals surface area contributed by atoms with Gasteiger partial charge in [-0.05, 0) is 18.1 Å². The SMILES string of the molecule is CCCCOc1nc(-c2ccc(CS(=O)[O-])cc2)cc(C(F)(F)F)n1. The Bertz CT molecular complexity index is 736. The van der Waals surface area contributed by atoms with Gasteiger partial charge in [0.25, 0.3) is 0 Å². The van der Waals surface area contributed by atoms with Gasteiger partial charge in [-0.2, -0.15) is 23.1 Å². The number of nitrogens with zero attached hydrogens (tertiary/aromatic N) is 2. The second-order valence-corrected chi connectivity index (χ2v) is 6.16. The monoisotopic (exact) mass is 373 g/mol. The fraction of sp³-hybridized carbons (Fsp3) is 0.375.